The van der Waals surface area contributed by atoms with Gasteiger partial charge in [-0.15, -0.1) is 0 Å². The second kappa shape index (κ2) is 5.89. The highest BCUT2D eigenvalue weighted by Crippen LogP contribution is 2.08. The molecule has 17 heavy (non-hydrogen) atoms. The summed E-state index contributed by atoms with van der Waals surface area (Å²) in [6.45, 7) is 7.39. The lowest BCUT2D eigenvalue weighted by Crippen LogP contribution is -2.49. The zero-order valence-corrected chi connectivity index (χ0v) is 11.0. The molecule has 0 bridgehead atoms. The topological polar surface area (TPSA) is 61.4 Å². The number of urea groups is 1. The van der Waals surface area contributed by atoms with Crippen LogP contribution >= 0.6 is 0 Å². The van der Waals surface area contributed by atoms with Crippen molar-refractivity contribution in [2.24, 2.45) is 0 Å². The Morgan fingerprint density at radius 1 is 1.12 bits per heavy atom. The summed E-state index contributed by atoms with van der Waals surface area (Å²) in [6.07, 6.45) is 3.30. The summed E-state index contributed by atoms with van der Waals surface area (Å²) in [6, 6.07) is -0.131. The number of likely N-dealkylation sites (tertiary alicyclic amines) is 1. The van der Waals surface area contributed by atoms with E-state index in [2.05, 4.69) is 10.6 Å². The van der Waals surface area contributed by atoms with Crippen molar-refractivity contribution in [3.63, 3.8) is 0 Å². The van der Waals surface area contributed by atoms with Crippen LogP contribution in [0.4, 0.5) is 4.79 Å². The van der Waals surface area contributed by atoms with Crippen molar-refractivity contribution in [1.82, 2.24) is 15.5 Å². The molecule has 0 aromatic rings. The molecule has 1 aliphatic heterocycles. The maximum Gasteiger partial charge on any atom is 0.317 e. The lowest BCUT2D eigenvalue weighted by Gasteiger charge is -2.27. The molecule has 1 heterocycles. The van der Waals surface area contributed by atoms with Crippen molar-refractivity contribution < 1.29 is 9.59 Å². The van der Waals surface area contributed by atoms with Crippen molar-refractivity contribution in [2.75, 3.05) is 19.6 Å². The van der Waals surface area contributed by atoms with Gasteiger partial charge in [0, 0.05) is 18.6 Å². The Hall–Kier alpha value is -1.26. The van der Waals surface area contributed by atoms with E-state index in [4.69, 9.17) is 0 Å². The first-order chi connectivity index (χ1) is 7.88. The predicted octanol–water partition coefficient (Wildman–Crippen LogP) is 1.10. The fourth-order valence-electron chi connectivity index (χ4n) is 1.83. The summed E-state index contributed by atoms with van der Waals surface area (Å²) >= 11 is 0. The van der Waals surface area contributed by atoms with E-state index < -0.39 is 0 Å². The van der Waals surface area contributed by atoms with Crippen LogP contribution in [0.5, 0.6) is 0 Å². The highest BCUT2D eigenvalue weighted by molar-refractivity contribution is 5.84. The molecule has 98 valence electrons. The molecule has 5 heteroatoms. The van der Waals surface area contributed by atoms with E-state index in [-0.39, 0.29) is 24.0 Å². The number of hydrogen-bond donors (Lipinski definition) is 2. The van der Waals surface area contributed by atoms with Crippen LogP contribution in [0.2, 0.25) is 0 Å². The summed E-state index contributed by atoms with van der Waals surface area (Å²) in [5.74, 6) is -0.150. The van der Waals surface area contributed by atoms with Gasteiger partial charge in [-0.25, -0.2) is 4.79 Å². The molecule has 0 aromatic heterocycles. The van der Waals surface area contributed by atoms with E-state index in [0.717, 1.165) is 25.9 Å². The zero-order chi connectivity index (χ0) is 12.9. The van der Waals surface area contributed by atoms with Crippen LogP contribution in [-0.4, -0.2) is 42.0 Å². The third kappa shape index (κ3) is 5.56. The maximum absolute atomic E-state index is 11.7. The summed E-state index contributed by atoms with van der Waals surface area (Å²) in [5.41, 5.74) is -0.257. The number of amides is 3. The number of carbonyl (C=O) groups is 2. The van der Waals surface area contributed by atoms with Crippen LogP contribution in [0.1, 0.15) is 40.0 Å². The third-order valence-corrected chi connectivity index (χ3v) is 2.56. The first-order valence-electron chi connectivity index (χ1n) is 6.22. The van der Waals surface area contributed by atoms with Gasteiger partial charge in [0.25, 0.3) is 0 Å². The van der Waals surface area contributed by atoms with Gasteiger partial charge in [0.1, 0.15) is 0 Å². The van der Waals surface area contributed by atoms with Crippen molar-refractivity contribution in [2.45, 2.75) is 45.6 Å². The minimum atomic E-state index is -0.257. The molecule has 0 radical (unpaired) electrons. The first-order valence-corrected chi connectivity index (χ1v) is 6.22. The Morgan fingerprint density at radius 2 is 1.71 bits per heavy atom. The second-order valence-corrected chi connectivity index (χ2v) is 5.50. The summed E-state index contributed by atoms with van der Waals surface area (Å²) in [4.78, 5) is 25.0. The lowest BCUT2D eigenvalue weighted by molar-refractivity contribution is -0.121. The molecule has 0 aliphatic carbocycles. The molecule has 0 aromatic carbocycles. The van der Waals surface area contributed by atoms with Gasteiger partial charge >= 0.3 is 6.03 Å². The Morgan fingerprint density at radius 3 is 2.24 bits per heavy atom. The van der Waals surface area contributed by atoms with Gasteiger partial charge in [-0.1, -0.05) is 0 Å². The Bertz CT molecular complexity index is 278. The average molecular weight is 241 g/mol. The summed E-state index contributed by atoms with van der Waals surface area (Å²) in [5, 5.41) is 5.45. The van der Waals surface area contributed by atoms with E-state index in [1.54, 1.807) is 4.90 Å². The molecule has 0 atom stereocenters. The van der Waals surface area contributed by atoms with Crippen molar-refractivity contribution in [3.05, 3.63) is 0 Å². The highest BCUT2D eigenvalue weighted by Gasteiger charge is 2.18. The molecule has 5 nitrogen and oxygen atoms in total. The summed E-state index contributed by atoms with van der Waals surface area (Å²) in [7, 11) is 0. The smallest absolute Gasteiger partial charge is 0.317 e. The maximum atomic E-state index is 11.7. The van der Waals surface area contributed by atoms with Crippen molar-refractivity contribution in [1.29, 1.82) is 0 Å². The number of hydrogen-bond acceptors (Lipinski definition) is 2. The largest absolute Gasteiger partial charge is 0.350 e. The fraction of sp³-hybridized carbons (Fsp3) is 0.833. The Kier molecular flexibility index (Phi) is 4.78. The normalized spacial score (nSPS) is 16.5. The molecule has 2 N–H and O–H groups in total. The van der Waals surface area contributed by atoms with E-state index in [9.17, 15) is 9.59 Å². The lowest BCUT2D eigenvalue weighted by atomic mass is 10.1. The van der Waals surface area contributed by atoms with Gasteiger partial charge in [-0.3, -0.25) is 4.79 Å². The predicted molar refractivity (Wildman–Crippen MR) is 66.7 cm³/mol. The second-order valence-electron chi connectivity index (χ2n) is 5.50. The molecule has 3 amide bonds. The van der Waals surface area contributed by atoms with Crippen LogP contribution in [0, 0.1) is 0 Å². The highest BCUT2D eigenvalue weighted by atomic mass is 16.2. The van der Waals surface area contributed by atoms with Crippen molar-refractivity contribution >= 4 is 11.9 Å². The van der Waals surface area contributed by atoms with Gasteiger partial charge in [0.2, 0.25) is 5.91 Å². The molecular weight excluding hydrogens is 218 g/mol. The number of carbonyl (C=O) groups excluding carboxylic acids is 2. The van der Waals surface area contributed by atoms with Gasteiger partial charge in [-0.05, 0) is 40.0 Å². The van der Waals surface area contributed by atoms with E-state index in [1.807, 2.05) is 20.8 Å². The van der Waals surface area contributed by atoms with Crippen LogP contribution < -0.4 is 10.6 Å². The standard InChI is InChI=1S/C12H23N3O2/c1-12(2,3)14-10(16)9-13-11(17)15-7-5-4-6-8-15/h4-9H2,1-3H3,(H,13,17)(H,14,16). The molecule has 1 rings (SSSR count). The van der Waals surface area contributed by atoms with E-state index in [1.165, 1.54) is 6.42 Å². The molecule has 0 spiro atoms. The van der Waals surface area contributed by atoms with E-state index in [0.29, 0.717) is 0 Å². The molecule has 0 saturated carbocycles. The van der Waals surface area contributed by atoms with Crippen LogP contribution in [-0.2, 0) is 4.79 Å². The van der Waals surface area contributed by atoms with E-state index >= 15 is 0 Å². The molecule has 1 aliphatic rings. The number of nitrogens with zero attached hydrogens (tertiary/aromatic N) is 1. The quantitative estimate of drug-likeness (QED) is 0.760. The van der Waals surface area contributed by atoms with Gasteiger partial charge in [0.05, 0.1) is 6.54 Å². The zero-order valence-electron chi connectivity index (χ0n) is 11.0. The van der Waals surface area contributed by atoms with Crippen molar-refractivity contribution in [3.8, 4) is 0 Å². The molecule has 1 fully saturated rings. The van der Waals surface area contributed by atoms with Gasteiger partial charge in [0.15, 0.2) is 0 Å². The Balaban J connectivity index is 2.25. The average Bonchev–Trinajstić information content (AvgIpc) is 2.25. The van der Waals surface area contributed by atoms with Crippen LogP contribution in [0.25, 0.3) is 0 Å². The molecule has 1 saturated heterocycles. The fourth-order valence-corrected chi connectivity index (χ4v) is 1.83. The summed E-state index contributed by atoms with van der Waals surface area (Å²) < 4.78 is 0. The first kappa shape index (κ1) is 13.8. The van der Waals surface area contributed by atoms with Crippen LogP contribution in [0.15, 0.2) is 0 Å². The number of nitrogens with one attached hydrogen (secondary N) is 2. The monoisotopic (exact) mass is 241 g/mol. The minimum absolute atomic E-state index is 0.0482. The molecule has 0 unspecified atom stereocenters. The van der Waals surface area contributed by atoms with Gasteiger partial charge < -0.3 is 15.5 Å². The number of rotatable bonds is 2. The minimum Gasteiger partial charge on any atom is -0.350 e. The Labute approximate surface area is 103 Å². The van der Waals surface area contributed by atoms with Crippen LogP contribution in [0.3, 0.4) is 0 Å². The van der Waals surface area contributed by atoms with Gasteiger partial charge in [-0.2, -0.15) is 0 Å². The third-order valence-electron chi connectivity index (χ3n) is 2.56. The SMILES string of the molecule is CC(C)(C)NC(=O)CNC(=O)N1CCCCC1. The number of piperidine rings is 1. The molecular formula is C12H23N3O2.